The lowest BCUT2D eigenvalue weighted by Gasteiger charge is -2.27. The quantitative estimate of drug-likeness (QED) is 0.824. The standard InChI is InChI=1S/C14H18BrNOS/c1-10(2)13-9-11(15)3-4-12(13)14(17)16-5-7-18-8-6-16/h3-4,9-10H,5-8H2,1-2H3. The van der Waals surface area contributed by atoms with Crippen LogP contribution < -0.4 is 0 Å². The van der Waals surface area contributed by atoms with Crippen LogP contribution in [0.5, 0.6) is 0 Å². The first-order valence-electron chi connectivity index (χ1n) is 6.26. The van der Waals surface area contributed by atoms with Gasteiger partial charge in [-0.3, -0.25) is 4.79 Å². The number of carbonyl (C=O) groups excluding carboxylic acids is 1. The molecule has 0 saturated carbocycles. The van der Waals surface area contributed by atoms with E-state index in [4.69, 9.17) is 0 Å². The lowest BCUT2D eigenvalue weighted by atomic mass is 9.96. The van der Waals surface area contributed by atoms with Crippen molar-refractivity contribution >= 4 is 33.6 Å². The molecule has 0 bridgehead atoms. The van der Waals surface area contributed by atoms with E-state index < -0.39 is 0 Å². The van der Waals surface area contributed by atoms with Gasteiger partial charge in [0.15, 0.2) is 0 Å². The molecule has 0 aromatic heterocycles. The largest absolute Gasteiger partial charge is 0.337 e. The molecule has 1 heterocycles. The van der Waals surface area contributed by atoms with Gasteiger partial charge < -0.3 is 4.90 Å². The second-order valence-corrected chi connectivity index (χ2v) is 6.93. The number of hydrogen-bond donors (Lipinski definition) is 0. The number of carbonyl (C=O) groups is 1. The van der Waals surface area contributed by atoms with Gasteiger partial charge in [-0.2, -0.15) is 11.8 Å². The zero-order chi connectivity index (χ0) is 13.1. The van der Waals surface area contributed by atoms with Crippen LogP contribution in [-0.4, -0.2) is 35.4 Å². The maximum atomic E-state index is 12.5. The third-order valence-corrected chi connectivity index (χ3v) is 4.60. The Hall–Kier alpha value is -0.480. The zero-order valence-electron chi connectivity index (χ0n) is 10.8. The highest BCUT2D eigenvalue weighted by Gasteiger charge is 2.21. The molecule has 0 N–H and O–H groups in total. The lowest BCUT2D eigenvalue weighted by molar-refractivity contribution is 0.0771. The van der Waals surface area contributed by atoms with Crippen molar-refractivity contribution in [2.24, 2.45) is 0 Å². The average Bonchev–Trinajstić information content (AvgIpc) is 2.39. The molecule has 1 aliphatic rings. The molecular weight excluding hydrogens is 310 g/mol. The Morgan fingerprint density at radius 2 is 2.00 bits per heavy atom. The monoisotopic (exact) mass is 327 g/mol. The van der Waals surface area contributed by atoms with Crippen molar-refractivity contribution in [2.75, 3.05) is 24.6 Å². The summed E-state index contributed by atoms with van der Waals surface area (Å²) in [4.78, 5) is 14.5. The fourth-order valence-electron chi connectivity index (χ4n) is 2.14. The van der Waals surface area contributed by atoms with Gasteiger partial charge in [0.25, 0.3) is 5.91 Å². The molecule has 0 unspecified atom stereocenters. The number of nitrogens with zero attached hydrogens (tertiary/aromatic N) is 1. The van der Waals surface area contributed by atoms with E-state index in [1.54, 1.807) is 0 Å². The number of amides is 1. The highest BCUT2D eigenvalue weighted by atomic mass is 79.9. The second kappa shape index (κ2) is 6.11. The molecule has 4 heteroatoms. The topological polar surface area (TPSA) is 20.3 Å². The summed E-state index contributed by atoms with van der Waals surface area (Å²) in [5, 5.41) is 0. The summed E-state index contributed by atoms with van der Waals surface area (Å²) in [6, 6.07) is 5.97. The summed E-state index contributed by atoms with van der Waals surface area (Å²) >= 11 is 5.40. The molecule has 0 aliphatic carbocycles. The number of thioether (sulfide) groups is 1. The van der Waals surface area contributed by atoms with Gasteiger partial charge in [-0.25, -0.2) is 0 Å². The van der Waals surface area contributed by atoms with Crippen molar-refractivity contribution in [1.29, 1.82) is 0 Å². The second-order valence-electron chi connectivity index (χ2n) is 4.79. The highest BCUT2D eigenvalue weighted by Crippen LogP contribution is 2.25. The van der Waals surface area contributed by atoms with Crippen molar-refractivity contribution in [2.45, 2.75) is 19.8 Å². The van der Waals surface area contributed by atoms with E-state index in [-0.39, 0.29) is 5.91 Å². The summed E-state index contributed by atoms with van der Waals surface area (Å²) in [5.74, 6) is 2.66. The van der Waals surface area contributed by atoms with Crippen molar-refractivity contribution < 1.29 is 4.79 Å². The molecule has 2 nitrogen and oxygen atoms in total. The van der Waals surface area contributed by atoms with Gasteiger partial charge in [-0.15, -0.1) is 0 Å². The summed E-state index contributed by atoms with van der Waals surface area (Å²) < 4.78 is 1.04. The molecule has 1 amide bonds. The summed E-state index contributed by atoms with van der Waals surface area (Å²) in [6.45, 7) is 6.00. The normalized spacial score (nSPS) is 16.1. The fraction of sp³-hybridized carbons (Fsp3) is 0.500. The maximum absolute atomic E-state index is 12.5. The van der Waals surface area contributed by atoms with Crippen LogP contribution >= 0.6 is 27.7 Å². The Morgan fingerprint density at radius 3 is 2.61 bits per heavy atom. The Labute approximate surface area is 121 Å². The minimum atomic E-state index is 0.187. The van der Waals surface area contributed by atoms with E-state index in [1.165, 1.54) is 0 Å². The van der Waals surface area contributed by atoms with E-state index in [1.807, 2.05) is 28.8 Å². The van der Waals surface area contributed by atoms with Gasteiger partial charge in [-0.1, -0.05) is 29.8 Å². The van der Waals surface area contributed by atoms with E-state index in [9.17, 15) is 4.79 Å². The number of halogens is 1. The molecule has 1 aromatic rings. The molecule has 0 radical (unpaired) electrons. The van der Waals surface area contributed by atoms with Crippen molar-refractivity contribution in [3.05, 3.63) is 33.8 Å². The number of hydrogen-bond acceptors (Lipinski definition) is 2. The van der Waals surface area contributed by atoms with Crippen molar-refractivity contribution in [1.82, 2.24) is 4.90 Å². The molecule has 1 aliphatic heterocycles. The van der Waals surface area contributed by atoms with Gasteiger partial charge in [0.1, 0.15) is 0 Å². The third kappa shape index (κ3) is 3.09. The van der Waals surface area contributed by atoms with E-state index in [2.05, 4.69) is 35.8 Å². The summed E-state index contributed by atoms with van der Waals surface area (Å²) in [5.41, 5.74) is 1.99. The maximum Gasteiger partial charge on any atom is 0.254 e. The SMILES string of the molecule is CC(C)c1cc(Br)ccc1C(=O)N1CCSCC1. The Bertz CT molecular complexity index is 441. The molecule has 1 aromatic carbocycles. The minimum absolute atomic E-state index is 0.187. The lowest BCUT2D eigenvalue weighted by Crippen LogP contribution is -2.38. The molecule has 1 saturated heterocycles. The molecule has 0 spiro atoms. The molecule has 0 atom stereocenters. The van der Waals surface area contributed by atoms with E-state index >= 15 is 0 Å². The van der Waals surface area contributed by atoms with Crippen LogP contribution in [0.1, 0.15) is 35.7 Å². The molecule has 2 rings (SSSR count). The van der Waals surface area contributed by atoms with Gasteiger partial charge in [-0.05, 0) is 29.7 Å². The van der Waals surface area contributed by atoms with Crippen LogP contribution in [-0.2, 0) is 0 Å². The van der Waals surface area contributed by atoms with Crippen molar-refractivity contribution in [3.8, 4) is 0 Å². The number of rotatable bonds is 2. The van der Waals surface area contributed by atoms with Crippen LogP contribution in [0, 0.1) is 0 Å². The predicted molar refractivity (Wildman–Crippen MR) is 81.5 cm³/mol. The zero-order valence-corrected chi connectivity index (χ0v) is 13.2. The van der Waals surface area contributed by atoms with Gasteiger partial charge >= 0.3 is 0 Å². The fourth-order valence-corrected chi connectivity index (χ4v) is 3.42. The summed E-state index contributed by atoms with van der Waals surface area (Å²) in [7, 11) is 0. The van der Waals surface area contributed by atoms with Crippen LogP contribution in [0.15, 0.2) is 22.7 Å². The summed E-state index contributed by atoms with van der Waals surface area (Å²) in [6.07, 6.45) is 0. The van der Waals surface area contributed by atoms with Crippen LogP contribution in [0.4, 0.5) is 0 Å². The number of benzene rings is 1. The van der Waals surface area contributed by atoms with Gasteiger partial charge in [0.05, 0.1) is 0 Å². The molecular formula is C14H18BrNOS. The van der Waals surface area contributed by atoms with Crippen molar-refractivity contribution in [3.63, 3.8) is 0 Å². The Balaban J connectivity index is 2.28. The predicted octanol–water partition coefficient (Wildman–Crippen LogP) is 3.76. The van der Waals surface area contributed by atoms with Crippen LogP contribution in [0.25, 0.3) is 0 Å². The Morgan fingerprint density at radius 1 is 1.33 bits per heavy atom. The average molecular weight is 328 g/mol. The first-order valence-corrected chi connectivity index (χ1v) is 8.21. The van der Waals surface area contributed by atoms with Gasteiger partial charge in [0, 0.05) is 34.6 Å². The third-order valence-electron chi connectivity index (χ3n) is 3.16. The van der Waals surface area contributed by atoms with Crippen LogP contribution in [0.2, 0.25) is 0 Å². The molecule has 98 valence electrons. The highest BCUT2D eigenvalue weighted by molar-refractivity contribution is 9.10. The minimum Gasteiger partial charge on any atom is -0.337 e. The molecule has 18 heavy (non-hydrogen) atoms. The Kier molecular flexibility index (Phi) is 4.73. The first-order chi connectivity index (χ1) is 8.59. The van der Waals surface area contributed by atoms with E-state index in [0.717, 1.165) is 40.2 Å². The van der Waals surface area contributed by atoms with E-state index in [0.29, 0.717) is 5.92 Å². The van der Waals surface area contributed by atoms with Gasteiger partial charge in [0.2, 0.25) is 0 Å². The molecule has 1 fully saturated rings. The smallest absolute Gasteiger partial charge is 0.254 e. The van der Waals surface area contributed by atoms with Crippen LogP contribution in [0.3, 0.4) is 0 Å². The first kappa shape index (κ1) is 13.9.